The Balaban J connectivity index is 1.93. The van der Waals surface area contributed by atoms with Gasteiger partial charge in [-0.2, -0.15) is 5.26 Å². The van der Waals surface area contributed by atoms with Crippen molar-refractivity contribution < 1.29 is 0 Å². The highest BCUT2D eigenvalue weighted by Gasteiger charge is 2.27. The summed E-state index contributed by atoms with van der Waals surface area (Å²) < 4.78 is 0. The summed E-state index contributed by atoms with van der Waals surface area (Å²) in [6.07, 6.45) is 10.4. The molecule has 1 aromatic rings. The fourth-order valence-corrected chi connectivity index (χ4v) is 3.70. The minimum absolute atomic E-state index is 0.826. The van der Waals surface area contributed by atoms with Gasteiger partial charge in [-0.05, 0) is 73.3 Å². The van der Waals surface area contributed by atoms with Crippen molar-refractivity contribution in [2.45, 2.75) is 52.4 Å². The highest BCUT2D eigenvalue weighted by Crippen LogP contribution is 2.40. The first-order chi connectivity index (χ1) is 9.69. The quantitative estimate of drug-likeness (QED) is 0.699. The molecule has 20 heavy (non-hydrogen) atoms. The molecule has 2 aliphatic rings. The molecule has 0 aromatic heterocycles. The van der Waals surface area contributed by atoms with Gasteiger partial charge in [0.15, 0.2) is 0 Å². The summed E-state index contributed by atoms with van der Waals surface area (Å²) in [5.41, 5.74) is 6.06. The largest absolute Gasteiger partial charge is 0.192 e. The van der Waals surface area contributed by atoms with E-state index in [2.05, 4.69) is 38.1 Å². The third-order valence-electron chi connectivity index (χ3n) is 5.32. The van der Waals surface area contributed by atoms with Gasteiger partial charge < -0.3 is 0 Å². The lowest BCUT2D eigenvalue weighted by Gasteiger charge is -2.34. The van der Waals surface area contributed by atoms with E-state index in [1.54, 1.807) is 0 Å². The molecule has 1 fully saturated rings. The first-order valence-electron chi connectivity index (χ1n) is 7.90. The van der Waals surface area contributed by atoms with E-state index in [-0.39, 0.29) is 0 Å². The highest BCUT2D eigenvalue weighted by molar-refractivity contribution is 5.69. The number of hydrogen-bond donors (Lipinski definition) is 0. The molecule has 1 aromatic carbocycles. The van der Waals surface area contributed by atoms with Gasteiger partial charge in [-0.15, -0.1) is 0 Å². The summed E-state index contributed by atoms with van der Waals surface area (Å²) in [7, 11) is 0. The average molecular weight is 265 g/mol. The van der Waals surface area contributed by atoms with E-state index in [1.165, 1.54) is 55.2 Å². The normalized spacial score (nSPS) is 25.4. The van der Waals surface area contributed by atoms with E-state index < -0.39 is 0 Å². The zero-order valence-corrected chi connectivity index (χ0v) is 12.6. The average Bonchev–Trinajstić information content (AvgIpc) is 2.37. The van der Waals surface area contributed by atoms with E-state index in [4.69, 9.17) is 0 Å². The van der Waals surface area contributed by atoms with Crippen LogP contribution in [0.5, 0.6) is 0 Å². The smallest absolute Gasteiger partial charge is 0.0994 e. The summed E-state index contributed by atoms with van der Waals surface area (Å²) in [5.74, 6) is 1.85. The first kappa shape index (κ1) is 13.4. The van der Waals surface area contributed by atoms with Crippen molar-refractivity contribution in [3.63, 3.8) is 0 Å². The van der Waals surface area contributed by atoms with Crippen molar-refractivity contribution in [3.05, 3.63) is 40.5 Å². The van der Waals surface area contributed by atoms with Crippen molar-refractivity contribution in [3.8, 4) is 6.07 Å². The Morgan fingerprint density at radius 2 is 1.90 bits per heavy atom. The Hall–Kier alpha value is -1.55. The Labute approximate surface area is 122 Å². The van der Waals surface area contributed by atoms with Crippen LogP contribution in [-0.2, 0) is 6.42 Å². The van der Waals surface area contributed by atoms with E-state index in [0.29, 0.717) is 0 Å². The van der Waals surface area contributed by atoms with Crippen molar-refractivity contribution in [1.82, 2.24) is 0 Å². The standard InChI is InChI=1S/C19H23N/c1-13-6-7-16(15-4-3-5-15)8-9-17-10-14(2)18(12-20)11-19(13)17/h6,10-11,15-16H,3-5,7-9H2,1-2H3/b13-6-. The fourth-order valence-electron chi connectivity index (χ4n) is 3.70. The molecule has 0 aliphatic heterocycles. The van der Waals surface area contributed by atoms with Crippen LogP contribution in [0.25, 0.3) is 5.57 Å². The third kappa shape index (κ3) is 2.40. The summed E-state index contributed by atoms with van der Waals surface area (Å²) in [6, 6.07) is 6.66. The molecule has 0 saturated heterocycles. The Kier molecular flexibility index (Phi) is 3.66. The van der Waals surface area contributed by atoms with Crippen LogP contribution in [0, 0.1) is 30.1 Å². The Morgan fingerprint density at radius 1 is 1.10 bits per heavy atom. The molecule has 0 N–H and O–H groups in total. The van der Waals surface area contributed by atoms with Gasteiger partial charge in [0.1, 0.15) is 0 Å². The predicted molar refractivity (Wildman–Crippen MR) is 83.3 cm³/mol. The zero-order valence-electron chi connectivity index (χ0n) is 12.6. The molecule has 1 saturated carbocycles. The molecule has 1 atom stereocenters. The van der Waals surface area contributed by atoms with Gasteiger partial charge >= 0.3 is 0 Å². The second-order valence-corrected chi connectivity index (χ2v) is 6.55. The van der Waals surface area contributed by atoms with Crippen LogP contribution in [0.4, 0.5) is 0 Å². The number of nitriles is 1. The molecular weight excluding hydrogens is 242 g/mol. The number of rotatable bonds is 1. The lowest BCUT2D eigenvalue weighted by molar-refractivity contribution is 0.196. The number of nitrogens with zero attached hydrogens (tertiary/aromatic N) is 1. The van der Waals surface area contributed by atoms with Crippen LogP contribution >= 0.6 is 0 Å². The second kappa shape index (κ2) is 5.44. The zero-order chi connectivity index (χ0) is 14.1. The van der Waals surface area contributed by atoms with Gasteiger partial charge in [0.05, 0.1) is 11.6 Å². The van der Waals surface area contributed by atoms with Crippen LogP contribution in [0.2, 0.25) is 0 Å². The molecule has 0 spiro atoms. The molecule has 2 aliphatic carbocycles. The summed E-state index contributed by atoms with van der Waals surface area (Å²) in [5, 5.41) is 9.22. The second-order valence-electron chi connectivity index (χ2n) is 6.55. The van der Waals surface area contributed by atoms with Crippen molar-refractivity contribution >= 4 is 5.57 Å². The summed E-state index contributed by atoms with van der Waals surface area (Å²) in [4.78, 5) is 0. The molecule has 0 amide bonds. The maximum atomic E-state index is 9.22. The molecule has 0 bridgehead atoms. The number of hydrogen-bond acceptors (Lipinski definition) is 1. The molecular formula is C19H23N. The summed E-state index contributed by atoms with van der Waals surface area (Å²) in [6.45, 7) is 4.26. The maximum Gasteiger partial charge on any atom is 0.0994 e. The lowest BCUT2D eigenvalue weighted by Crippen LogP contribution is -2.23. The molecule has 3 rings (SSSR count). The van der Waals surface area contributed by atoms with Gasteiger partial charge in [-0.1, -0.05) is 31.4 Å². The third-order valence-corrected chi connectivity index (χ3v) is 5.32. The molecule has 1 heteroatoms. The highest BCUT2D eigenvalue weighted by atomic mass is 14.3. The van der Waals surface area contributed by atoms with Crippen LogP contribution < -0.4 is 0 Å². The predicted octanol–water partition coefficient (Wildman–Crippen LogP) is 5.02. The van der Waals surface area contributed by atoms with E-state index in [9.17, 15) is 5.26 Å². The Morgan fingerprint density at radius 3 is 2.55 bits per heavy atom. The molecule has 0 radical (unpaired) electrons. The Bertz CT molecular complexity index is 585. The minimum atomic E-state index is 0.826. The minimum Gasteiger partial charge on any atom is -0.192 e. The van der Waals surface area contributed by atoms with E-state index >= 15 is 0 Å². The topological polar surface area (TPSA) is 23.8 Å². The van der Waals surface area contributed by atoms with Gasteiger partial charge in [0.25, 0.3) is 0 Å². The van der Waals surface area contributed by atoms with Crippen LogP contribution in [0.1, 0.15) is 61.3 Å². The van der Waals surface area contributed by atoms with Crippen LogP contribution in [-0.4, -0.2) is 0 Å². The summed E-state index contributed by atoms with van der Waals surface area (Å²) >= 11 is 0. The fraction of sp³-hybridized carbons (Fsp3) is 0.526. The van der Waals surface area contributed by atoms with Crippen molar-refractivity contribution in [1.29, 1.82) is 5.26 Å². The van der Waals surface area contributed by atoms with Gasteiger partial charge in [0, 0.05) is 0 Å². The number of aryl methyl sites for hydroxylation is 2. The van der Waals surface area contributed by atoms with Crippen LogP contribution in [0.3, 0.4) is 0 Å². The van der Waals surface area contributed by atoms with Gasteiger partial charge in [0.2, 0.25) is 0 Å². The molecule has 1 nitrogen and oxygen atoms in total. The molecule has 104 valence electrons. The van der Waals surface area contributed by atoms with Crippen molar-refractivity contribution in [2.24, 2.45) is 11.8 Å². The number of fused-ring (bicyclic) bond motifs is 1. The molecule has 0 heterocycles. The monoisotopic (exact) mass is 265 g/mol. The van der Waals surface area contributed by atoms with Crippen molar-refractivity contribution in [2.75, 3.05) is 0 Å². The van der Waals surface area contributed by atoms with Gasteiger partial charge in [-0.3, -0.25) is 0 Å². The van der Waals surface area contributed by atoms with Crippen LogP contribution in [0.15, 0.2) is 18.2 Å². The number of benzene rings is 1. The SMILES string of the molecule is C/C1=C/CC(C2CCC2)CCc2cc(C)c(C#N)cc21. The maximum absolute atomic E-state index is 9.22. The first-order valence-corrected chi connectivity index (χ1v) is 7.90. The lowest BCUT2D eigenvalue weighted by atomic mass is 9.71. The van der Waals surface area contributed by atoms with E-state index in [1.807, 2.05) is 0 Å². The van der Waals surface area contributed by atoms with E-state index in [0.717, 1.165) is 23.0 Å². The number of allylic oxidation sites excluding steroid dienone is 2. The molecule has 1 unspecified atom stereocenters. The van der Waals surface area contributed by atoms with Gasteiger partial charge in [-0.25, -0.2) is 0 Å².